The van der Waals surface area contributed by atoms with Crippen molar-refractivity contribution in [2.45, 2.75) is 56.7 Å². The van der Waals surface area contributed by atoms with Crippen LogP contribution in [0, 0.1) is 5.82 Å². The van der Waals surface area contributed by atoms with Gasteiger partial charge in [0, 0.05) is 37.0 Å². The van der Waals surface area contributed by atoms with Crippen molar-refractivity contribution < 1.29 is 13.9 Å². The first-order valence-corrected chi connectivity index (χ1v) is 13.3. The largest absolute Gasteiger partial charge is 0.381 e. The highest BCUT2D eigenvalue weighted by molar-refractivity contribution is 7.17. The van der Waals surface area contributed by atoms with Crippen LogP contribution in [-0.4, -0.2) is 47.2 Å². The third-order valence-electron chi connectivity index (χ3n) is 6.71. The van der Waals surface area contributed by atoms with E-state index in [0.29, 0.717) is 30.5 Å². The number of carbonyl (C=O) groups excluding carboxylic acids is 1. The minimum Gasteiger partial charge on any atom is -0.381 e. The molecule has 1 amide bonds. The molecule has 1 saturated carbocycles. The Bertz CT molecular complexity index is 1220. The van der Waals surface area contributed by atoms with E-state index in [1.807, 2.05) is 17.5 Å². The third kappa shape index (κ3) is 5.93. The summed E-state index contributed by atoms with van der Waals surface area (Å²) in [5.74, 6) is 0.748. The van der Waals surface area contributed by atoms with Crippen molar-refractivity contribution in [2.24, 2.45) is 0 Å². The number of aromatic nitrogens is 2. The maximum absolute atomic E-state index is 14.8. The Balaban J connectivity index is 1.26. The van der Waals surface area contributed by atoms with E-state index in [2.05, 4.69) is 32.8 Å². The summed E-state index contributed by atoms with van der Waals surface area (Å²) in [4.78, 5) is 20.9. The molecule has 0 unspecified atom stereocenters. The molecule has 0 radical (unpaired) electrons. The predicted octanol–water partition coefficient (Wildman–Crippen LogP) is 5.19. The number of thiophene rings is 1. The van der Waals surface area contributed by atoms with Gasteiger partial charge in [-0.05, 0) is 74.2 Å². The first kappa shape index (κ1) is 24.5. The average Bonchev–Trinajstić information content (AvgIpc) is 3.36. The number of carbonyl (C=O) groups is 1. The normalized spacial score (nSPS) is 20.6. The lowest BCUT2D eigenvalue weighted by atomic mass is 9.91. The number of fused-ring (bicyclic) bond motifs is 1. The van der Waals surface area contributed by atoms with Crippen LogP contribution in [-0.2, 0) is 9.53 Å². The number of amides is 1. The van der Waals surface area contributed by atoms with E-state index in [1.165, 1.54) is 12.1 Å². The average molecular weight is 511 g/mol. The number of nitrogens with zero attached hydrogens (tertiary/aromatic N) is 2. The molecule has 1 saturated heterocycles. The minimum atomic E-state index is -0.318. The number of rotatable bonds is 8. The Morgan fingerprint density at radius 1 is 1.03 bits per heavy atom. The maximum atomic E-state index is 14.8. The van der Waals surface area contributed by atoms with E-state index >= 15 is 0 Å². The Morgan fingerprint density at radius 2 is 1.78 bits per heavy atom. The molecule has 0 spiro atoms. The smallest absolute Gasteiger partial charge is 0.243 e. The van der Waals surface area contributed by atoms with Crippen LogP contribution in [0.1, 0.15) is 38.5 Å². The number of hydrogen-bond acceptors (Lipinski definition) is 8. The summed E-state index contributed by atoms with van der Waals surface area (Å²) in [6, 6.07) is 7.66. The zero-order valence-electron chi connectivity index (χ0n) is 20.1. The lowest BCUT2D eigenvalue weighted by Crippen LogP contribution is -2.39. The van der Waals surface area contributed by atoms with Crippen LogP contribution in [0.25, 0.3) is 10.2 Å². The molecule has 1 aliphatic carbocycles. The molecule has 0 bridgehead atoms. The van der Waals surface area contributed by atoms with Gasteiger partial charge in [-0.25, -0.2) is 9.37 Å². The molecule has 0 atom stereocenters. The van der Waals surface area contributed by atoms with Gasteiger partial charge in [-0.3, -0.25) is 4.79 Å². The van der Waals surface area contributed by atoms with Crippen LogP contribution in [0.4, 0.5) is 27.5 Å². The molecule has 2 aliphatic rings. The second kappa shape index (κ2) is 11.2. The van der Waals surface area contributed by atoms with Crippen molar-refractivity contribution in [3.05, 3.63) is 48.1 Å². The number of halogens is 1. The number of benzene rings is 1. The number of ether oxygens (including phenoxy) is 1. The molecular formula is C26H31FN6O2S. The van der Waals surface area contributed by atoms with Gasteiger partial charge in [-0.15, -0.1) is 11.3 Å². The highest BCUT2D eigenvalue weighted by Gasteiger charge is 2.23. The molecule has 10 heteroatoms. The summed E-state index contributed by atoms with van der Waals surface area (Å²) in [5, 5.41) is 15.0. The Hall–Kier alpha value is -3.24. The molecular weight excluding hydrogens is 479 g/mol. The Kier molecular flexibility index (Phi) is 7.62. The fourth-order valence-electron chi connectivity index (χ4n) is 4.75. The summed E-state index contributed by atoms with van der Waals surface area (Å²) in [7, 11) is 0. The lowest BCUT2D eigenvalue weighted by Gasteiger charge is -2.29. The van der Waals surface area contributed by atoms with Crippen LogP contribution in [0.3, 0.4) is 0 Å². The van der Waals surface area contributed by atoms with Gasteiger partial charge in [0.05, 0.1) is 15.9 Å². The topological polar surface area (TPSA) is 100 Å². The summed E-state index contributed by atoms with van der Waals surface area (Å²) >= 11 is 1.59. The standard InChI is InChI=1S/C26H31FN6O2S/c1-2-23(34)29-16-3-5-17(6-4-16)30-25-24-22(11-14-36-24)32-26(33-25)31-19-7-8-21(20(27)15-19)28-18-9-12-35-13-10-18/h2,7-8,11,14-18,28H,1,3-6,9-10,12-13H2,(H,29,34)(H2,30,31,32,33)/t16-,17+. The maximum Gasteiger partial charge on any atom is 0.243 e. The van der Waals surface area contributed by atoms with Gasteiger partial charge in [0.25, 0.3) is 0 Å². The van der Waals surface area contributed by atoms with E-state index in [9.17, 15) is 9.18 Å². The van der Waals surface area contributed by atoms with E-state index in [4.69, 9.17) is 9.72 Å². The summed E-state index contributed by atoms with van der Waals surface area (Å²) in [6.07, 6.45) is 6.70. The second-order valence-electron chi connectivity index (χ2n) is 9.29. The molecule has 4 N–H and O–H groups in total. The van der Waals surface area contributed by atoms with Gasteiger partial charge < -0.3 is 26.0 Å². The molecule has 2 fully saturated rings. The van der Waals surface area contributed by atoms with Crippen molar-refractivity contribution in [1.29, 1.82) is 0 Å². The zero-order chi connectivity index (χ0) is 24.9. The van der Waals surface area contributed by atoms with Crippen molar-refractivity contribution in [3.8, 4) is 0 Å². The summed E-state index contributed by atoms with van der Waals surface area (Å²) < 4.78 is 21.2. The Labute approximate surface area is 213 Å². The molecule has 5 rings (SSSR count). The third-order valence-corrected chi connectivity index (χ3v) is 7.62. The molecule has 8 nitrogen and oxygen atoms in total. The van der Waals surface area contributed by atoms with Crippen LogP contribution in [0.2, 0.25) is 0 Å². The van der Waals surface area contributed by atoms with Gasteiger partial charge in [0.2, 0.25) is 11.9 Å². The summed E-state index contributed by atoms with van der Waals surface area (Å²) in [6.45, 7) is 4.92. The SMILES string of the molecule is C=CC(=O)N[C@H]1CC[C@@H](Nc2nc(Nc3ccc(NC4CCOCC4)c(F)c3)nc3ccsc23)CC1. The monoisotopic (exact) mass is 510 g/mol. The van der Waals surface area contributed by atoms with Gasteiger partial charge in [-0.1, -0.05) is 6.58 Å². The van der Waals surface area contributed by atoms with Crippen LogP contribution in [0.15, 0.2) is 42.3 Å². The molecule has 1 aromatic carbocycles. The Morgan fingerprint density at radius 3 is 2.53 bits per heavy atom. The molecule has 3 aromatic rings. The van der Waals surface area contributed by atoms with E-state index in [1.54, 1.807) is 17.4 Å². The molecule has 3 heterocycles. The molecule has 190 valence electrons. The fraction of sp³-hybridized carbons (Fsp3) is 0.423. The highest BCUT2D eigenvalue weighted by atomic mass is 32.1. The van der Waals surface area contributed by atoms with Crippen LogP contribution in [0.5, 0.6) is 0 Å². The first-order chi connectivity index (χ1) is 17.6. The highest BCUT2D eigenvalue weighted by Crippen LogP contribution is 2.31. The minimum absolute atomic E-state index is 0.123. The van der Waals surface area contributed by atoms with E-state index in [0.717, 1.165) is 54.6 Å². The van der Waals surface area contributed by atoms with E-state index < -0.39 is 0 Å². The lowest BCUT2D eigenvalue weighted by molar-refractivity contribution is -0.117. The molecule has 2 aromatic heterocycles. The quantitative estimate of drug-likeness (QED) is 0.310. The van der Waals surface area contributed by atoms with Crippen molar-refractivity contribution >= 4 is 50.6 Å². The first-order valence-electron chi connectivity index (χ1n) is 12.4. The second-order valence-corrected chi connectivity index (χ2v) is 10.2. The van der Waals surface area contributed by atoms with Gasteiger partial charge in [0.1, 0.15) is 11.6 Å². The van der Waals surface area contributed by atoms with Gasteiger partial charge in [-0.2, -0.15) is 4.98 Å². The molecule has 36 heavy (non-hydrogen) atoms. The van der Waals surface area contributed by atoms with Crippen molar-refractivity contribution in [1.82, 2.24) is 15.3 Å². The zero-order valence-corrected chi connectivity index (χ0v) is 20.9. The van der Waals surface area contributed by atoms with Crippen molar-refractivity contribution in [3.63, 3.8) is 0 Å². The van der Waals surface area contributed by atoms with Gasteiger partial charge in [0.15, 0.2) is 0 Å². The predicted molar refractivity (Wildman–Crippen MR) is 143 cm³/mol. The van der Waals surface area contributed by atoms with Gasteiger partial charge >= 0.3 is 0 Å². The summed E-state index contributed by atoms with van der Waals surface area (Å²) in [5.41, 5.74) is 1.91. The fourth-order valence-corrected chi connectivity index (χ4v) is 5.54. The van der Waals surface area contributed by atoms with Crippen LogP contribution < -0.4 is 21.3 Å². The number of anilines is 4. The molecule has 1 aliphatic heterocycles. The van der Waals surface area contributed by atoms with E-state index in [-0.39, 0.29) is 29.8 Å². The number of hydrogen-bond donors (Lipinski definition) is 4. The van der Waals surface area contributed by atoms with Crippen LogP contribution >= 0.6 is 11.3 Å². The number of nitrogens with one attached hydrogen (secondary N) is 4. The van der Waals surface area contributed by atoms with Crippen molar-refractivity contribution in [2.75, 3.05) is 29.2 Å².